The van der Waals surface area contributed by atoms with Gasteiger partial charge in [0.15, 0.2) is 0 Å². The molecule has 1 fully saturated rings. The Bertz CT molecular complexity index is 308. The molecule has 2 amide bonds. The molecule has 6 nitrogen and oxygen atoms in total. The molecular formula is C13H26N4O2. The smallest absolute Gasteiger partial charge is 0.241 e. The highest BCUT2D eigenvalue weighted by Crippen LogP contribution is 2.03. The number of piperazine rings is 1. The molecule has 1 aliphatic rings. The van der Waals surface area contributed by atoms with Crippen LogP contribution in [0.15, 0.2) is 0 Å². The van der Waals surface area contributed by atoms with Gasteiger partial charge in [-0.3, -0.25) is 14.9 Å². The second-order valence-electron chi connectivity index (χ2n) is 5.72. The van der Waals surface area contributed by atoms with Gasteiger partial charge in [0.2, 0.25) is 11.8 Å². The average Bonchev–Trinajstić information content (AvgIpc) is 2.34. The minimum atomic E-state index is -0.293. The monoisotopic (exact) mass is 270 g/mol. The van der Waals surface area contributed by atoms with Crippen LogP contribution in [0.4, 0.5) is 0 Å². The molecule has 0 aromatic heterocycles. The number of carbonyl (C=O) groups is 2. The van der Waals surface area contributed by atoms with Crippen molar-refractivity contribution in [1.29, 1.82) is 0 Å². The summed E-state index contributed by atoms with van der Waals surface area (Å²) in [7, 11) is 3.99. The van der Waals surface area contributed by atoms with Crippen molar-refractivity contribution >= 4 is 11.8 Å². The topological polar surface area (TPSA) is 64.7 Å². The second-order valence-corrected chi connectivity index (χ2v) is 5.72. The molecule has 0 aliphatic carbocycles. The first kappa shape index (κ1) is 15.9. The zero-order valence-corrected chi connectivity index (χ0v) is 12.4. The highest BCUT2D eigenvalue weighted by molar-refractivity contribution is 5.86. The molecule has 0 bridgehead atoms. The van der Waals surface area contributed by atoms with Crippen molar-refractivity contribution in [1.82, 2.24) is 20.4 Å². The Labute approximate surface area is 115 Å². The molecule has 0 aromatic carbocycles. The molecule has 0 radical (unpaired) electrons. The van der Waals surface area contributed by atoms with Gasteiger partial charge in [-0.25, -0.2) is 0 Å². The van der Waals surface area contributed by atoms with Crippen LogP contribution in [0.2, 0.25) is 0 Å². The standard InChI is InChI=1S/C13H26N4O2/c1-10(2)9-17(6-5-16(3)4)13(19)11-7-15-12(18)8-14-11/h10-11,14H,5-9H2,1-4H3,(H,15,18). The van der Waals surface area contributed by atoms with Crippen LogP contribution in [0.1, 0.15) is 13.8 Å². The highest BCUT2D eigenvalue weighted by Gasteiger charge is 2.28. The third-order valence-electron chi connectivity index (χ3n) is 3.02. The molecule has 6 heteroatoms. The molecule has 1 saturated heterocycles. The zero-order chi connectivity index (χ0) is 14.4. The summed E-state index contributed by atoms with van der Waals surface area (Å²) >= 11 is 0. The van der Waals surface area contributed by atoms with E-state index in [1.165, 1.54) is 0 Å². The summed E-state index contributed by atoms with van der Waals surface area (Å²) in [5, 5.41) is 5.72. The van der Waals surface area contributed by atoms with Crippen molar-refractivity contribution in [2.24, 2.45) is 5.92 Å². The van der Waals surface area contributed by atoms with Crippen LogP contribution in [0.3, 0.4) is 0 Å². The summed E-state index contributed by atoms with van der Waals surface area (Å²) in [5.74, 6) is 0.465. The van der Waals surface area contributed by atoms with Crippen LogP contribution in [0.5, 0.6) is 0 Å². The first-order valence-electron chi connectivity index (χ1n) is 6.83. The van der Waals surface area contributed by atoms with Gasteiger partial charge in [0, 0.05) is 26.2 Å². The molecule has 1 atom stereocenters. The Kier molecular flexibility index (Phi) is 6.24. The van der Waals surface area contributed by atoms with Crippen molar-refractivity contribution in [2.75, 3.05) is 46.8 Å². The van der Waals surface area contributed by atoms with Gasteiger partial charge in [-0.15, -0.1) is 0 Å². The van der Waals surface area contributed by atoms with Gasteiger partial charge in [-0.2, -0.15) is 0 Å². The van der Waals surface area contributed by atoms with E-state index >= 15 is 0 Å². The van der Waals surface area contributed by atoms with Gasteiger partial charge in [-0.05, 0) is 20.0 Å². The Morgan fingerprint density at radius 2 is 2.05 bits per heavy atom. The molecule has 0 saturated carbocycles. The summed E-state index contributed by atoms with van der Waals surface area (Å²) in [6.45, 7) is 7.12. The van der Waals surface area contributed by atoms with Crippen LogP contribution in [0, 0.1) is 5.92 Å². The maximum atomic E-state index is 12.4. The lowest BCUT2D eigenvalue weighted by molar-refractivity contribution is -0.135. The highest BCUT2D eigenvalue weighted by atomic mass is 16.2. The maximum absolute atomic E-state index is 12.4. The van der Waals surface area contributed by atoms with Crippen LogP contribution in [-0.4, -0.2) is 74.5 Å². The normalized spacial score (nSPS) is 19.7. The van der Waals surface area contributed by atoms with Crippen molar-refractivity contribution in [3.05, 3.63) is 0 Å². The van der Waals surface area contributed by atoms with Crippen molar-refractivity contribution in [3.8, 4) is 0 Å². The maximum Gasteiger partial charge on any atom is 0.241 e. The van der Waals surface area contributed by atoms with E-state index in [1.54, 1.807) is 0 Å². The van der Waals surface area contributed by atoms with Gasteiger partial charge >= 0.3 is 0 Å². The average molecular weight is 270 g/mol. The lowest BCUT2D eigenvalue weighted by Crippen LogP contribution is -2.59. The van der Waals surface area contributed by atoms with Crippen molar-refractivity contribution in [3.63, 3.8) is 0 Å². The molecule has 19 heavy (non-hydrogen) atoms. The predicted molar refractivity (Wildman–Crippen MR) is 74.8 cm³/mol. The minimum Gasteiger partial charge on any atom is -0.353 e. The lowest BCUT2D eigenvalue weighted by atomic mass is 10.1. The Hall–Kier alpha value is -1.14. The number of amides is 2. The van der Waals surface area contributed by atoms with Gasteiger partial charge in [0.05, 0.1) is 6.54 Å². The van der Waals surface area contributed by atoms with E-state index in [2.05, 4.69) is 29.4 Å². The van der Waals surface area contributed by atoms with E-state index in [4.69, 9.17) is 0 Å². The van der Waals surface area contributed by atoms with Crippen molar-refractivity contribution < 1.29 is 9.59 Å². The quantitative estimate of drug-likeness (QED) is 0.658. The molecule has 1 rings (SSSR count). The molecule has 110 valence electrons. The summed E-state index contributed by atoms with van der Waals surface area (Å²) in [5.41, 5.74) is 0. The van der Waals surface area contributed by atoms with E-state index in [1.807, 2.05) is 19.0 Å². The van der Waals surface area contributed by atoms with Crippen LogP contribution in [-0.2, 0) is 9.59 Å². The second kappa shape index (κ2) is 7.45. The zero-order valence-electron chi connectivity index (χ0n) is 12.4. The molecule has 2 N–H and O–H groups in total. The van der Waals surface area contributed by atoms with Crippen LogP contribution >= 0.6 is 0 Å². The summed E-state index contributed by atoms with van der Waals surface area (Å²) in [6.07, 6.45) is 0. The Balaban J connectivity index is 2.56. The Morgan fingerprint density at radius 3 is 2.53 bits per heavy atom. The summed E-state index contributed by atoms with van der Waals surface area (Å²) in [4.78, 5) is 27.5. The number of hydrogen-bond donors (Lipinski definition) is 2. The first-order valence-corrected chi connectivity index (χ1v) is 6.83. The number of nitrogens with one attached hydrogen (secondary N) is 2. The van der Waals surface area contributed by atoms with Crippen LogP contribution < -0.4 is 10.6 Å². The first-order chi connectivity index (χ1) is 8.90. The van der Waals surface area contributed by atoms with Gasteiger partial charge in [0.1, 0.15) is 6.04 Å². The van der Waals surface area contributed by atoms with E-state index in [-0.39, 0.29) is 24.4 Å². The van der Waals surface area contributed by atoms with E-state index in [0.717, 1.165) is 19.6 Å². The van der Waals surface area contributed by atoms with E-state index in [0.29, 0.717) is 12.5 Å². The minimum absolute atomic E-state index is 0.0484. The van der Waals surface area contributed by atoms with E-state index in [9.17, 15) is 9.59 Å². The van der Waals surface area contributed by atoms with E-state index < -0.39 is 0 Å². The number of carbonyl (C=O) groups excluding carboxylic acids is 2. The molecular weight excluding hydrogens is 244 g/mol. The molecule has 1 aliphatic heterocycles. The van der Waals surface area contributed by atoms with Gasteiger partial charge < -0.3 is 15.1 Å². The van der Waals surface area contributed by atoms with Gasteiger partial charge in [-0.1, -0.05) is 13.8 Å². The fourth-order valence-electron chi connectivity index (χ4n) is 2.01. The fraction of sp³-hybridized carbons (Fsp3) is 0.846. The number of hydrogen-bond acceptors (Lipinski definition) is 4. The van der Waals surface area contributed by atoms with Crippen molar-refractivity contribution in [2.45, 2.75) is 19.9 Å². The third kappa shape index (κ3) is 5.57. The SMILES string of the molecule is CC(C)CN(CCN(C)C)C(=O)C1CNC(=O)CN1. The molecule has 1 heterocycles. The number of nitrogens with zero attached hydrogens (tertiary/aromatic N) is 2. The fourth-order valence-corrected chi connectivity index (χ4v) is 2.01. The summed E-state index contributed by atoms with van der Waals surface area (Å²) < 4.78 is 0. The largest absolute Gasteiger partial charge is 0.353 e. The molecule has 0 aromatic rings. The molecule has 0 spiro atoms. The Morgan fingerprint density at radius 1 is 1.37 bits per heavy atom. The summed E-state index contributed by atoms with van der Waals surface area (Å²) in [6, 6.07) is -0.293. The van der Waals surface area contributed by atoms with Crippen LogP contribution in [0.25, 0.3) is 0 Å². The predicted octanol–water partition coefficient (Wildman–Crippen LogP) is -0.879. The van der Waals surface area contributed by atoms with Gasteiger partial charge in [0.25, 0.3) is 0 Å². The number of rotatable bonds is 6. The third-order valence-corrected chi connectivity index (χ3v) is 3.02. The molecule has 1 unspecified atom stereocenters. The lowest BCUT2D eigenvalue weighted by Gasteiger charge is -2.32. The number of likely N-dealkylation sites (N-methyl/N-ethyl adjacent to an activating group) is 1.